The molecule has 2 aliphatic heterocycles. The van der Waals surface area contributed by atoms with Crippen LogP contribution in [-0.4, -0.2) is 79.0 Å². The summed E-state index contributed by atoms with van der Waals surface area (Å²) in [7, 11) is 0. The van der Waals surface area contributed by atoms with Gasteiger partial charge in [-0.05, 0) is 37.5 Å². The van der Waals surface area contributed by atoms with Crippen LogP contribution in [0.15, 0.2) is 24.3 Å². The Morgan fingerprint density at radius 3 is 2.84 bits per heavy atom. The Bertz CT molecular complexity index is 566. The quantitative estimate of drug-likeness (QED) is 0.833. The first-order valence-corrected chi connectivity index (χ1v) is 9.12. The molecule has 138 valence electrons. The van der Waals surface area contributed by atoms with Crippen LogP contribution >= 0.6 is 0 Å². The Morgan fingerprint density at radius 2 is 2.16 bits per heavy atom. The van der Waals surface area contributed by atoms with Gasteiger partial charge in [0.25, 0.3) is 5.91 Å². The number of benzene rings is 1. The minimum absolute atomic E-state index is 0.125. The van der Waals surface area contributed by atoms with E-state index in [1.54, 1.807) is 0 Å². The summed E-state index contributed by atoms with van der Waals surface area (Å²) in [5.41, 5.74) is 1.14. The van der Waals surface area contributed by atoms with Crippen LogP contribution in [0.25, 0.3) is 0 Å². The Hall–Kier alpha value is -1.63. The highest BCUT2D eigenvalue weighted by Crippen LogP contribution is 2.16. The molecule has 1 amide bonds. The number of amides is 1. The van der Waals surface area contributed by atoms with Gasteiger partial charge in [0.2, 0.25) is 0 Å². The fourth-order valence-corrected chi connectivity index (χ4v) is 3.38. The zero-order valence-corrected chi connectivity index (χ0v) is 14.9. The molecule has 1 aromatic rings. The first-order valence-electron chi connectivity index (χ1n) is 9.12. The fraction of sp³-hybridized carbons (Fsp3) is 0.632. The van der Waals surface area contributed by atoms with Gasteiger partial charge in [0.1, 0.15) is 24.6 Å². The highest BCUT2D eigenvalue weighted by molar-refractivity contribution is 5.81. The summed E-state index contributed by atoms with van der Waals surface area (Å²) in [6, 6.07) is 7.82. The number of rotatable bonds is 6. The zero-order valence-electron chi connectivity index (χ0n) is 14.9. The van der Waals surface area contributed by atoms with Crippen molar-refractivity contribution in [3.63, 3.8) is 0 Å². The van der Waals surface area contributed by atoms with Gasteiger partial charge in [0, 0.05) is 39.3 Å². The maximum Gasteiger partial charge on any atom is 0.251 e. The van der Waals surface area contributed by atoms with Crippen LogP contribution in [0.1, 0.15) is 18.4 Å². The fourth-order valence-electron chi connectivity index (χ4n) is 3.38. The Labute approximate surface area is 149 Å². The second kappa shape index (κ2) is 8.65. The van der Waals surface area contributed by atoms with Gasteiger partial charge in [0.15, 0.2) is 0 Å². The second-order valence-corrected chi connectivity index (χ2v) is 6.91. The second-order valence-electron chi connectivity index (χ2n) is 6.91. The lowest BCUT2D eigenvalue weighted by Crippen LogP contribution is -2.53. The molecule has 2 fully saturated rings. The number of carbonyl (C=O) groups excluding carboxylic acids is 1. The molecular formula is C19H28N2O4. The lowest BCUT2D eigenvalue weighted by molar-refractivity contribution is -0.142. The van der Waals surface area contributed by atoms with Crippen molar-refractivity contribution < 1.29 is 19.4 Å². The summed E-state index contributed by atoms with van der Waals surface area (Å²) in [6.07, 6.45) is 1.04. The number of β-amino-alcohol motifs (C(OH)–C–C–N with tert-alkyl or cyclic N) is 1. The van der Waals surface area contributed by atoms with Gasteiger partial charge in [-0.25, -0.2) is 0 Å². The highest BCUT2D eigenvalue weighted by atomic mass is 16.5. The molecular weight excluding hydrogens is 320 g/mol. The smallest absolute Gasteiger partial charge is 0.251 e. The van der Waals surface area contributed by atoms with Gasteiger partial charge in [-0.1, -0.05) is 12.1 Å². The third-order valence-electron chi connectivity index (χ3n) is 4.79. The van der Waals surface area contributed by atoms with Crippen molar-refractivity contribution in [3.8, 4) is 5.75 Å². The van der Waals surface area contributed by atoms with Crippen LogP contribution in [0, 0.1) is 6.92 Å². The zero-order chi connectivity index (χ0) is 17.6. The standard InChI is InChI=1S/C19H28N2O4/c1-15-4-2-5-17(12-15)25-14-16(22)13-20-7-9-21(10-8-20)19(23)18-6-3-11-24-18/h2,4-5,12,16,18,22H,3,6-11,13-14H2,1H3/t16-,18-/m1/s1. The predicted octanol–water partition coefficient (Wildman–Crippen LogP) is 1.06. The van der Waals surface area contributed by atoms with E-state index in [2.05, 4.69) is 4.90 Å². The SMILES string of the molecule is Cc1cccc(OC[C@H](O)CN2CCN(C(=O)[C@H]3CCCO3)CC2)c1. The van der Waals surface area contributed by atoms with E-state index < -0.39 is 6.10 Å². The summed E-state index contributed by atoms with van der Waals surface area (Å²) >= 11 is 0. The maximum atomic E-state index is 12.3. The lowest BCUT2D eigenvalue weighted by atomic mass is 10.2. The molecule has 2 atom stereocenters. The van der Waals surface area contributed by atoms with E-state index in [-0.39, 0.29) is 18.6 Å². The maximum absolute atomic E-state index is 12.3. The number of hydrogen-bond acceptors (Lipinski definition) is 5. The first kappa shape index (κ1) is 18.2. The van der Waals surface area contributed by atoms with Crippen LogP contribution in [0.3, 0.4) is 0 Å². The molecule has 0 bridgehead atoms. The number of piperazine rings is 1. The molecule has 0 aliphatic carbocycles. The van der Waals surface area contributed by atoms with E-state index in [0.29, 0.717) is 26.2 Å². The van der Waals surface area contributed by atoms with Crippen molar-refractivity contribution in [2.45, 2.75) is 32.0 Å². The normalized spacial score (nSPS) is 22.8. The van der Waals surface area contributed by atoms with E-state index in [9.17, 15) is 9.90 Å². The van der Waals surface area contributed by atoms with Gasteiger partial charge in [-0.3, -0.25) is 9.69 Å². The summed E-state index contributed by atoms with van der Waals surface area (Å²) < 4.78 is 11.1. The average molecular weight is 348 g/mol. The van der Waals surface area contributed by atoms with E-state index in [1.807, 2.05) is 36.1 Å². The van der Waals surface area contributed by atoms with Gasteiger partial charge < -0.3 is 19.5 Å². The molecule has 6 nitrogen and oxygen atoms in total. The number of hydrogen-bond donors (Lipinski definition) is 1. The van der Waals surface area contributed by atoms with Crippen molar-refractivity contribution in [2.75, 3.05) is 45.9 Å². The van der Waals surface area contributed by atoms with Crippen LogP contribution in [-0.2, 0) is 9.53 Å². The van der Waals surface area contributed by atoms with Crippen molar-refractivity contribution >= 4 is 5.91 Å². The van der Waals surface area contributed by atoms with Gasteiger partial charge in [0.05, 0.1) is 0 Å². The van der Waals surface area contributed by atoms with Crippen LogP contribution < -0.4 is 4.74 Å². The predicted molar refractivity (Wildman–Crippen MR) is 94.7 cm³/mol. The van der Waals surface area contributed by atoms with Crippen LogP contribution in [0.4, 0.5) is 0 Å². The van der Waals surface area contributed by atoms with Crippen molar-refractivity contribution in [3.05, 3.63) is 29.8 Å². The lowest BCUT2D eigenvalue weighted by Gasteiger charge is -2.36. The highest BCUT2D eigenvalue weighted by Gasteiger charge is 2.30. The van der Waals surface area contributed by atoms with Crippen molar-refractivity contribution in [1.82, 2.24) is 9.80 Å². The minimum Gasteiger partial charge on any atom is -0.491 e. The topological polar surface area (TPSA) is 62.2 Å². The Kier molecular flexibility index (Phi) is 6.29. The summed E-state index contributed by atoms with van der Waals surface area (Å²) in [5.74, 6) is 0.909. The third-order valence-corrected chi connectivity index (χ3v) is 4.79. The van der Waals surface area contributed by atoms with E-state index in [0.717, 1.165) is 37.2 Å². The summed E-state index contributed by atoms with van der Waals surface area (Å²) in [4.78, 5) is 16.4. The van der Waals surface area contributed by atoms with Crippen LogP contribution in [0.2, 0.25) is 0 Å². The largest absolute Gasteiger partial charge is 0.491 e. The van der Waals surface area contributed by atoms with E-state index in [4.69, 9.17) is 9.47 Å². The molecule has 6 heteroatoms. The van der Waals surface area contributed by atoms with Gasteiger partial charge in [-0.2, -0.15) is 0 Å². The summed E-state index contributed by atoms with van der Waals surface area (Å²) in [5, 5.41) is 10.2. The molecule has 2 saturated heterocycles. The number of nitrogens with zero attached hydrogens (tertiary/aromatic N) is 2. The molecule has 25 heavy (non-hydrogen) atoms. The number of carbonyl (C=O) groups is 1. The minimum atomic E-state index is -0.541. The monoisotopic (exact) mass is 348 g/mol. The number of ether oxygens (including phenoxy) is 2. The summed E-state index contributed by atoms with van der Waals surface area (Å²) in [6.45, 7) is 6.50. The Balaban J connectivity index is 1.37. The molecule has 1 N–H and O–H groups in total. The van der Waals surface area contributed by atoms with Gasteiger partial charge >= 0.3 is 0 Å². The number of aliphatic hydroxyl groups is 1. The van der Waals surface area contributed by atoms with Crippen molar-refractivity contribution in [1.29, 1.82) is 0 Å². The molecule has 2 heterocycles. The molecule has 2 aliphatic rings. The van der Waals surface area contributed by atoms with Gasteiger partial charge in [-0.15, -0.1) is 0 Å². The molecule has 1 aromatic carbocycles. The molecule has 0 saturated carbocycles. The molecule has 0 unspecified atom stereocenters. The van der Waals surface area contributed by atoms with Crippen molar-refractivity contribution in [2.24, 2.45) is 0 Å². The number of aryl methyl sites for hydroxylation is 1. The van der Waals surface area contributed by atoms with E-state index in [1.165, 1.54) is 0 Å². The first-order chi connectivity index (χ1) is 12.1. The third kappa shape index (κ3) is 5.17. The molecule has 0 spiro atoms. The molecule has 0 aromatic heterocycles. The number of aliphatic hydroxyl groups excluding tert-OH is 1. The molecule has 0 radical (unpaired) electrons. The van der Waals surface area contributed by atoms with E-state index >= 15 is 0 Å². The Morgan fingerprint density at radius 1 is 1.36 bits per heavy atom. The molecule has 3 rings (SSSR count). The van der Waals surface area contributed by atoms with Crippen LogP contribution in [0.5, 0.6) is 5.75 Å². The average Bonchev–Trinajstić information content (AvgIpc) is 3.15.